The van der Waals surface area contributed by atoms with Crippen LogP contribution in [0.2, 0.25) is 5.02 Å². The summed E-state index contributed by atoms with van der Waals surface area (Å²) in [5.41, 5.74) is 1.70. The van der Waals surface area contributed by atoms with Gasteiger partial charge in [-0.2, -0.15) is 0 Å². The summed E-state index contributed by atoms with van der Waals surface area (Å²) in [5.74, 6) is 0. The number of nitrogens with one attached hydrogen (secondary N) is 1. The average Bonchev–Trinajstić information content (AvgIpc) is 2.31. The second kappa shape index (κ2) is 5.43. The van der Waals surface area contributed by atoms with Gasteiger partial charge < -0.3 is 10.1 Å². The Morgan fingerprint density at radius 1 is 1.42 bits per heavy atom. The van der Waals surface area contributed by atoms with Crippen molar-refractivity contribution in [2.45, 2.75) is 51.3 Å². The van der Waals surface area contributed by atoms with E-state index in [2.05, 4.69) is 18.3 Å². The molecule has 3 rings (SSSR count). The number of ether oxygens (including phenoxy) is 1. The topological polar surface area (TPSA) is 21.3 Å². The SMILES string of the molecule is CCOC1CC(NCc2cccc(Cl)c2)C12CCC2. The lowest BCUT2D eigenvalue weighted by Gasteiger charge is -2.61. The molecule has 0 amide bonds. The molecule has 1 aromatic rings. The first-order valence-electron chi connectivity index (χ1n) is 7.34. The van der Waals surface area contributed by atoms with Crippen molar-refractivity contribution in [3.8, 4) is 0 Å². The van der Waals surface area contributed by atoms with Gasteiger partial charge in [-0.25, -0.2) is 0 Å². The van der Waals surface area contributed by atoms with Crippen molar-refractivity contribution in [3.05, 3.63) is 34.9 Å². The number of halogens is 1. The van der Waals surface area contributed by atoms with Crippen molar-refractivity contribution in [2.24, 2.45) is 5.41 Å². The van der Waals surface area contributed by atoms with Gasteiger partial charge >= 0.3 is 0 Å². The van der Waals surface area contributed by atoms with Crippen LogP contribution in [0.1, 0.15) is 38.2 Å². The van der Waals surface area contributed by atoms with Crippen LogP contribution in [0.3, 0.4) is 0 Å². The number of hydrogen-bond acceptors (Lipinski definition) is 2. The second-order valence-corrected chi connectivity index (χ2v) is 6.27. The fourth-order valence-corrected chi connectivity index (χ4v) is 3.83. The Morgan fingerprint density at radius 2 is 2.26 bits per heavy atom. The van der Waals surface area contributed by atoms with E-state index in [0.717, 1.165) is 24.6 Å². The number of hydrogen-bond donors (Lipinski definition) is 1. The molecule has 2 fully saturated rings. The van der Waals surface area contributed by atoms with E-state index in [1.807, 2.05) is 18.2 Å². The Bertz CT molecular complexity index is 444. The van der Waals surface area contributed by atoms with Gasteiger partial charge in [0, 0.05) is 29.6 Å². The molecule has 3 heteroatoms. The quantitative estimate of drug-likeness (QED) is 0.886. The molecular formula is C16H22ClNO. The normalized spacial score (nSPS) is 27.9. The van der Waals surface area contributed by atoms with E-state index in [4.69, 9.17) is 16.3 Å². The highest BCUT2D eigenvalue weighted by molar-refractivity contribution is 6.30. The standard InChI is InChI=1S/C16H22ClNO/c1-2-19-15-10-14(16(15)7-4-8-16)18-11-12-5-3-6-13(17)9-12/h3,5-6,9,14-15,18H,2,4,7-8,10-11H2,1H3. The zero-order chi connectivity index (χ0) is 13.3. The summed E-state index contributed by atoms with van der Waals surface area (Å²) in [4.78, 5) is 0. The van der Waals surface area contributed by atoms with Crippen LogP contribution in [-0.4, -0.2) is 18.8 Å². The van der Waals surface area contributed by atoms with E-state index in [-0.39, 0.29) is 0 Å². The molecule has 2 aliphatic rings. The Labute approximate surface area is 120 Å². The zero-order valence-corrected chi connectivity index (χ0v) is 12.2. The number of rotatable bonds is 5. The van der Waals surface area contributed by atoms with Gasteiger partial charge in [0.1, 0.15) is 0 Å². The van der Waals surface area contributed by atoms with Crippen LogP contribution in [0.5, 0.6) is 0 Å². The molecule has 2 nitrogen and oxygen atoms in total. The maximum absolute atomic E-state index is 6.02. The van der Waals surface area contributed by atoms with Gasteiger partial charge in [0.05, 0.1) is 6.10 Å². The molecule has 1 aromatic carbocycles. The molecule has 2 aliphatic carbocycles. The lowest BCUT2D eigenvalue weighted by Crippen LogP contribution is -2.66. The van der Waals surface area contributed by atoms with E-state index < -0.39 is 0 Å². The van der Waals surface area contributed by atoms with Gasteiger partial charge in [-0.05, 0) is 43.9 Å². The van der Waals surface area contributed by atoms with E-state index in [1.165, 1.54) is 24.8 Å². The first-order chi connectivity index (χ1) is 9.24. The molecule has 0 saturated heterocycles. The molecule has 2 saturated carbocycles. The fraction of sp³-hybridized carbons (Fsp3) is 0.625. The Morgan fingerprint density at radius 3 is 2.89 bits per heavy atom. The van der Waals surface area contributed by atoms with Crippen LogP contribution < -0.4 is 5.32 Å². The lowest BCUT2D eigenvalue weighted by molar-refractivity contribution is -0.173. The van der Waals surface area contributed by atoms with Crippen LogP contribution in [0.25, 0.3) is 0 Å². The molecule has 0 aromatic heterocycles. The predicted molar refractivity (Wildman–Crippen MR) is 78.4 cm³/mol. The van der Waals surface area contributed by atoms with Crippen LogP contribution >= 0.6 is 11.6 Å². The predicted octanol–water partition coefficient (Wildman–Crippen LogP) is 3.78. The summed E-state index contributed by atoms with van der Waals surface area (Å²) in [7, 11) is 0. The third-order valence-electron chi connectivity index (χ3n) is 4.88. The first-order valence-corrected chi connectivity index (χ1v) is 7.72. The summed E-state index contributed by atoms with van der Waals surface area (Å²) in [6.07, 6.45) is 5.66. The van der Waals surface area contributed by atoms with Gasteiger partial charge in [-0.3, -0.25) is 0 Å². The molecule has 0 heterocycles. The Kier molecular flexibility index (Phi) is 3.84. The highest BCUT2D eigenvalue weighted by atomic mass is 35.5. The van der Waals surface area contributed by atoms with Gasteiger partial charge in [0.2, 0.25) is 0 Å². The van der Waals surface area contributed by atoms with Crippen molar-refractivity contribution in [2.75, 3.05) is 6.61 Å². The van der Waals surface area contributed by atoms with Crippen LogP contribution in [0.15, 0.2) is 24.3 Å². The molecule has 0 aliphatic heterocycles. The molecular weight excluding hydrogens is 258 g/mol. The van der Waals surface area contributed by atoms with Crippen LogP contribution in [0.4, 0.5) is 0 Å². The van der Waals surface area contributed by atoms with Crippen molar-refractivity contribution < 1.29 is 4.74 Å². The van der Waals surface area contributed by atoms with E-state index in [1.54, 1.807) is 0 Å². The molecule has 19 heavy (non-hydrogen) atoms. The third-order valence-corrected chi connectivity index (χ3v) is 5.11. The Balaban J connectivity index is 1.57. The molecule has 0 radical (unpaired) electrons. The van der Waals surface area contributed by atoms with Crippen molar-refractivity contribution >= 4 is 11.6 Å². The Hall–Kier alpha value is -0.570. The molecule has 0 bridgehead atoms. The second-order valence-electron chi connectivity index (χ2n) is 5.83. The molecule has 2 atom stereocenters. The lowest BCUT2D eigenvalue weighted by atomic mass is 9.51. The smallest absolute Gasteiger partial charge is 0.0661 e. The van der Waals surface area contributed by atoms with Gasteiger partial charge in [0.15, 0.2) is 0 Å². The monoisotopic (exact) mass is 279 g/mol. The first kappa shape index (κ1) is 13.4. The summed E-state index contributed by atoms with van der Waals surface area (Å²) < 4.78 is 5.88. The van der Waals surface area contributed by atoms with E-state index >= 15 is 0 Å². The zero-order valence-electron chi connectivity index (χ0n) is 11.5. The largest absolute Gasteiger partial charge is 0.378 e. The maximum atomic E-state index is 6.02. The maximum Gasteiger partial charge on any atom is 0.0661 e. The molecule has 104 valence electrons. The van der Waals surface area contributed by atoms with Crippen molar-refractivity contribution in [1.29, 1.82) is 0 Å². The summed E-state index contributed by atoms with van der Waals surface area (Å²) >= 11 is 6.02. The van der Waals surface area contributed by atoms with Gasteiger partial charge in [0.25, 0.3) is 0 Å². The highest BCUT2D eigenvalue weighted by Gasteiger charge is 2.58. The minimum Gasteiger partial charge on any atom is -0.378 e. The fourth-order valence-electron chi connectivity index (χ4n) is 3.61. The van der Waals surface area contributed by atoms with Crippen molar-refractivity contribution in [3.63, 3.8) is 0 Å². The molecule has 1 spiro atoms. The minimum atomic E-state index is 0.439. The summed E-state index contributed by atoms with van der Waals surface area (Å²) in [5, 5.41) is 4.52. The van der Waals surface area contributed by atoms with Crippen molar-refractivity contribution in [1.82, 2.24) is 5.32 Å². The minimum absolute atomic E-state index is 0.439. The third kappa shape index (κ3) is 2.42. The number of benzene rings is 1. The highest BCUT2D eigenvalue weighted by Crippen LogP contribution is 2.57. The van der Waals surface area contributed by atoms with Gasteiger partial charge in [-0.1, -0.05) is 30.2 Å². The van der Waals surface area contributed by atoms with Crippen LogP contribution in [-0.2, 0) is 11.3 Å². The molecule has 2 unspecified atom stereocenters. The summed E-state index contributed by atoms with van der Waals surface area (Å²) in [6.45, 7) is 3.85. The van der Waals surface area contributed by atoms with Crippen LogP contribution in [0, 0.1) is 5.41 Å². The average molecular weight is 280 g/mol. The van der Waals surface area contributed by atoms with E-state index in [9.17, 15) is 0 Å². The van der Waals surface area contributed by atoms with E-state index in [0.29, 0.717) is 17.6 Å². The molecule has 1 N–H and O–H groups in total. The summed E-state index contributed by atoms with van der Waals surface area (Å²) in [6, 6.07) is 8.73. The van der Waals surface area contributed by atoms with Gasteiger partial charge in [-0.15, -0.1) is 0 Å².